The quantitative estimate of drug-likeness (QED) is 0.362. The monoisotopic (exact) mass is 377 g/mol. The van der Waals surface area contributed by atoms with Gasteiger partial charge in [0.25, 0.3) is 0 Å². The Balaban J connectivity index is 1.51. The number of ketones is 1. The summed E-state index contributed by atoms with van der Waals surface area (Å²) in [5.74, 6) is 0.0363. The molecule has 0 heterocycles. The molecule has 0 N–H and O–H groups in total. The van der Waals surface area contributed by atoms with Crippen LogP contribution in [0.1, 0.15) is 21.5 Å². The van der Waals surface area contributed by atoms with Gasteiger partial charge in [-0.3, -0.25) is 4.79 Å². The molecule has 0 aromatic heterocycles. The maximum Gasteiger partial charge on any atom is 0.193 e. The summed E-state index contributed by atoms with van der Waals surface area (Å²) in [6.07, 6.45) is 0. The molecule has 4 aromatic rings. The van der Waals surface area contributed by atoms with Crippen molar-refractivity contribution in [1.82, 2.24) is 0 Å². The van der Waals surface area contributed by atoms with Gasteiger partial charge in [0.05, 0.1) is 0 Å². The van der Waals surface area contributed by atoms with E-state index in [1.54, 1.807) is 0 Å². The van der Waals surface area contributed by atoms with Crippen molar-refractivity contribution in [3.8, 4) is 11.1 Å². The highest BCUT2D eigenvalue weighted by molar-refractivity contribution is 6.09. The van der Waals surface area contributed by atoms with E-state index in [0.717, 1.165) is 22.5 Å². The molecule has 142 valence electrons. The van der Waals surface area contributed by atoms with Crippen LogP contribution in [0.2, 0.25) is 0 Å². The van der Waals surface area contributed by atoms with Crippen LogP contribution in [0.15, 0.2) is 103 Å². The minimum atomic E-state index is 0.0363. The number of carbonyl (C=O) groups excluding carboxylic acids is 1. The zero-order valence-corrected chi connectivity index (χ0v) is 16.7. The molecule has 0 saturated heterocycles. The highest BCUT2D eigenvalue weighted by atomic mass is 16.1. The molecule has 2 nitrogen and oxygen atoms in total. The van der Waals surface area contributed by atoms with E-state index in [2.05, 4.69) is 48.2 Å². The zero-order chi connectivity index (χ0) is 20.2. The Morgan fingerprint density at radius 3 is 1.59 bits per heavy atom. The van der Waals surface area contributed by atoms with Crippen LogP contribution in [0, 0.1) is 6.92 Å². The van der Waals surface area contributed by atoms with Crippen molar-refractivity contribution >= 4 is 17.2 Å². The largest absolute Gasteiger partial charge is 0.345 e. The predicted octanol–water partition coefficient (Wildman–Crippen LogP) is 6.66. The second-order valence-corrected chi connectivity index (χ2v) is 7.21. The first-order valence-corrected chi connectivity index (χ1v) is 9.72. The number of anilines is 2. The molecule has 0 aliphatic heterocycles. The standard InChI is InChI=1S/C27H23NO/c1-20-8-16-25(17-9-20)28(2)26-18-14-24(15-19-26)27(29)23-12-10-22(11-13-23)21-6-4-3-5-7-21/h3-19H,1-2H3. The molecule has 0 atom stereocenters. The van der Waals surface area contributed by atoms with Crippen molar-refractivity contribution < 1.29 is 4.79 Å². The molecule has 0 amide bonds. The fourth-order valence-corrected chi connectivity index (χ4v) is 3.37. The zero-order valence-electron chi connectivity index (χ0n) is 16.7. The van der Waals surface area contributed by atoms with Crippen molar-refractivity contribution in [3.05, 3.63) is 120 Å². The van der Waals surface area contributed by atoms with Gasteiger partial charge in [0.1, 0.15) is 0 Å². The Hall–Kier alpha value is -3.65. The fourth-order valence-electron chi connectivity index (χ4n) is 3.37. The first-order chi connectivity index (χ1) is 14.1. The fraction of sp³-hybridized carbons (Fsp3) is 0.0741. The number of carbonyl (C=O) groups is 1. The van der Waals surface area contributed by atoms with Crippen LogP contribution in [0.4, 0.5) is 11.4 Å². The minimum absolute atomic E-state index is 0.0363. The third-order valence-electron chi connectivity index (χ3n) is 5.19. The Morgan fingerprint density at radius 2 is 1.03 bits per heavy atom. The third-order valence-corrected chi connectivity index (χ3v) is 5.19. The van der Waals surface area contributed by atoms with Crippen LogP contribution in [0.3, 0.4) is 0 Å². The molecule has 0 unspecified atom stereocenters. The SMILES string of the molecule is Cc1ccc(N(C)c2ccc(C(=O)c3ccc(-c4ccccc4)cc3)cc2)cc1. The molecule has 0 bridgehead atoms. The van der Waals surface area contributed by atoms with Gasteiger partial charge >= 0.3 is 0 Å². The first-order valence-electron chi connectivity index (χ1n) is 9.72. The van der Waals surface area contributed by atoms with E-state index in [-0.39, 0.29) is 5.78 Å². The Bertz CT molecular complexity index is 1100. The third kappa shape index (κ3) is 4.12. The molecule has 0 radical (unpaired) electrons. The van der Waals surface area contributed by atoms with Gasteiger partial charge in [-0.25, -0.2) is 0 Å². The number of benzene rings is 4. The van der Waals surface area contributed by atoms with E-state index < -0.39 is 0 Å². The van der Waals surface area contributed by atoms with Gasteiger partial charge < -0.3 is 4.90 Å². The normalized spacial score (nSPS) is 10.6. The van der Waals surface area contributed by atoms with Crippen LogP contribution in [-0.4, -0.2) is 12.8 Å². The van der Waals surface area contributed by atoms with Gasteiger partial charge in [0.15, 0.2) is 5.78 Å². The van der Waals surface area contributed by atoms with Gasteiger partial charge in [-0.15, -0.1) is 0 Å². The van der Waals surface area contributed by atoms with E-state index in [4.69, 9.17) is 0 Å². The number of rotatable bonds is 5. The molecule has 0 saturated carbocycles. The summed E-state index contributed by atoms with van der Waals surface area (Å²) in [5, 5.41) is 0. The van der Waals surface area contributed by atoms with E-state index in [1.807, 2.05) is 73.8 Å². The van der Waals surface area contributed by atoms with E-state index in [0.29, 0.717) is 11.1 Å². The van der Waals surface area contributed by atoms with Crippen molar-refractivity contribution in [2.75, 3.05) is 11.9 Å². The van der Waals surface area contributed by atoms with Crippen LogP contribution in [-0.2, 0) is 0 Å². The van der Waals surface area contributed by atoms with Crippen LogP contribution >= 0.6 is 0 Å². The lowest BCUT2D eigenvalue weighted by molar-refractivity contribution is 0.103. The van der Waals surface area contributed by atoms with Gasteiger partial charge in [-0.05, 0) is 54.4 Å². The highest BCUT2D eigenvalue weighted by Gasteiger charge is 2.11. The Kier molecular flexibility index (Phi) is 5.26. The van der Waals surface area contributed by atoms with E-state index >= 15 is 0 Å². The Labute approximate surface area is 172 Å². The van der Waals surface area contributed by atoms with Crippen LogP contribution < -0.4 is 4.90 Å². The summed E-state index contributed by atoms with van der Waals surface area (Å²) < 4.78 is 0. The maximum atomic E-state index is 12.9. The molecule has 29 heavy (non-hydrogen) atoms. The summed E-state index contributed by atoms with van der Waals surface area (Å²) in [6, 6.07) is 34.2. The first kappa shape index (κ1) is 18.7. The minimum Gasteiger partial charge on any atom is -0.345 e. The van der Waals surface area contributed by atoms with Crippen LogP contribution in [0.25, 0.3) is 11.1 Å². The summed E-state index contributed by atoms with van der Waals surface area (Å²) in [7, 11) is 2.03. The predicted molar refractivity (Wildman–Crippen MR) is 121 cm³/mol. The summed E-state index contributed by atoms with van der Waals surface area (Å²) in [4.78, 5) is 15.0. The smallest absolute Gasteiger partial charge is 0.193 e. The van der Waals surface area contributed by atoms with Gasteiger partial charge in [-0.2, -0.15) is 0 Å². The molecule has 2 heteroatoms. The summed E-state index contributed by atoms with van der Waals surface area (Å²) >= 11 is 0. The molecule has 0 fully saturated rings. The molecule has 0 aliphatic carbocycles. The molecule has 0 aliphatic rings. The number of hydrogen-bond donors (Lipinski definition) is 0. The second kappa shape index (κ2) is 8.15. The van der Waals surface area contributed by atoms with Gasteiger partial charge in [0.2, 0.25) is 0 Å². The van der Waals surface area contributed by atoms with Crippen molar-refractivity contribution in [2.45, 2.75) is 6.92 Å². The average molecular weight is 377 g/mol. The Morgan fingerprint density at radius 1 is 0.586 bits per heavy atom. The number of nitrogens with zero attached hydrogens (tertiary/aromatic N) is 1. The average Bonchev–Trinajstić information content (AvgIpc) is 2.79. The molecule has 4 rings (SSSR count). The summed E-state index contributed by atoms with van der Waals surface area (Å²) in [5.41, 5.74) is 7.05. The van der Waals surface area contributed by atoms with Gasteiger partial charge in [0, 0.05) is 29.5 Å². The van der Waals surface area contributed by atoms with Crippen molar-refractivity contribution in [3.63, 3.8) is 0 Å². The summed E-state index contributed by atoms with van der Waals surface area (Å²) in [6.45, 7) is 2.08. The second-order valence-electron chi connectivity index (χ2n) is 7.21. The highest BCUT2D eigenvalue weighted by Crippen LogP contribution is 2.25. The maximum absolute atomic E-state index is 12.9. The topological polar surface area (TPSA) is 20.3 Å². The van der Waals surface area contributed by atoms with Crippen molar-refractivity contribution in [1.29, 1.82) is 0 Å². The van der Waals surface area contributed by atoms with E-state index in [1.165, 1.54) is 5.56 Å². The molecule has 0 spiro atoms. The molecule has 4 aromatic carbocycles. The number of aryl methyl sites for hydroxylation is 1. The number of hydrogen-bond acceptors (Lipinski definition) is 2. The lowest BCUT2D eigenvalue weighted by atomic mass is 9.99. The molecular weight excluding hydrogens is 354 g/mol. The molecular formula is C27H23NO. The van der Waals surface area contributed by atoms with Crippen molar-refractivity contribution in [2.24, 2.45) is 0 Å². The lowest BCUT2D eigenvalue weighted by Gasteiger charge is -2.20. The lowest BCUT2D eigenvalue weighted by Crippen LogP contribution is -2.09. The van der Waals surface area contributed by atoms with Gasteiger partial charge in [-0.1, -0.05) is 72.3 Å². The van der Waals surface area contributed by atoms with Crippen LogP contribution in [0.5, 0.6) is 0 Å². The van der Waals surface area contributed by atoms with E-state index in [9.17, 15) is 4.79 Å².